The van der Waals surface area contributed by atoms with Gasteiger partial charge in [-0.05, 0) is 37.1 Å². The van der Waals surface area contributed by atoms with Crippen molar-refractivity contribution < 1.29 is 0 Å². The van der Waals surface area contributed by atoms with Crippen molar-refractivity contribution in [3.8, 4) is 6.07 Å². The van der Waals surface area contributed by atoms with Crippen molar-refractivity contribution in [1.29, 1.82) is 5.26 Å². The van der Waals surface area contributed by atoms with Gasteiger partial charge in [0.25, 0.3) is 0 Å². The number of hydrazone groups is 1. The van der Waals surface area contributed by atoms with Crippen molar-refractivity contribution in [3.63, 3.8) is 0 Å². The van der Waals surface area contributed by atoms with Gasteiger partial charge < -0.3 is 4.90 Å². The molecule has 0 aliphatic carbocycles. The van der Waals surface area contributed by atoms with Crippen LogP contribution in [0, 0.1) is 11.3 Å². The number of fused-ring (bicyclic) bond motifs is 1. The number of hydrogen-bond acceptors (Lipinski definition) is 4. The molecule has 1 unspecified atom stereocenters. The Hall–Kier alpha value is -1.64. The third-order valence-corrected chi connectivity index (χ3v) is 4.05. The van der Waals surface area contributed by atoms with Crippen LogP contribution in [-0.4, -0.2) is 28.3 Å². The van der Waals surface area contributed by atoms with Gasteiger partial charge in [0.05, 0.1) is 5.69 Å². The van der Waals surface area contributed by atoms with Crippen molar-refractivity contribution in [2.24, 2.45) is 5.10 Å². The fraction of sp³-hybridized carbons (Fsp3) is 0.308. The molecule has 4 nitrogen and oxygen atoms in total. The van der Waals surface area contributed by atoms with Crippen molar-refractivity contribution in [1.82, 2.24) is 4.90 Å². The van der Waals surface area contributed by atoms with E-state index in [1.807, 2.05) is 29.3 Å². The summed E-state index contributed by atoms with van der Waals surface area (Å²) in [7, 11) is 0. The maximum Gasteiger partial charge on any atom is 0.195 e. The predicted molar refractivity (Wildman–Crippen MR) is 79.3 cm³/mol. The lowest BCUT2D eigenvalue weighted by Crippen LogP contribution is -2.51. The van der Waals surface area contributed by atoms with Crippen LogP contribution in [0.25, 0.3) is 0 Å². The third kappa shape index (κ3) is 2.07. The van der Waals surface area contributed by atoms with Gasteiger partial charge in [0.1, 0.15) is 17.2 Å². The number of nitrogens with zero attached hydrogens (tertiary/aromatic N) is 4. The van der Waals surface area contributed by atoms with E-state index in [0.29, 0.717) is 15.7 Å². The van der Waals surface area contributed by atoms with Crippen LogP contribution in [0.1, 0.15) is 12.8 Å². The lowest BCUT2D eigenvalue weighted by Gasteiger charge is -2.38. The first kappa shape index (κ1) is 12.4. The second kappa shape index (κ2) is 4.80. The van der Waals surface area contributed by atoms with E-state index >= 15 is 0 Å². The van der Waals surface area contributed by atoms with Gasteiger partial charge in [-0.15, -0.1) is 0 Å². The van der Waals surface area contributed by atoms with Crippen molar-refractivity contribution >= 4 is 40.2 Å². The lowest BCUT2D eigenvalue weighted by molar-refractivity contribution is 0.376. The van der Waals surface area contributed by atoms with Crippen molar-refractivity contribution in [3.05, 3.63) is 29.3 Å². The fourth-order valence-electron chi connectivity index (χ4n) is 2.49. The van der Waals surface area contributed by atoms with Gasteiger partial charge in [0.2, 0.25) is 0 Å². The molecule has 0 aromatic heterocycles. The highest BCUT2D eigenvalue weighted by Crippen LogP contribution is 2.31. The summed E-state index contributed by atoms with van der Waals surface area (Å²) in [5.74, 6) is 0. The lowest BCUT2D eigenvalue weighted by atomic mass is 10.2. The molecule has 0 saturated carbocycles. The number of halogens is 1. The molecule has 2 aliphatic rings. The summed E-state index contributed by atoms with van der Waals surface area (Å²) in [5.41, 5.74) is 1.24. The third-order valence-electron chi connectivity index (χ3n) is 3.37. The standard InChI is InChI=1S/C13H11ClN4S/c14-9-3-5-10(6-4-9)18-12-2-1-7-17(12)13(19)11(8-15)16-18/h3-6,12H,1-2,7H2. The molecule has 19 heavy (non-hydrogen) atoms. The normalized spacial score (nSPS) is 22.0. The highest BCUT2D eigenvalue weighted by molar-refractivity contribution is 7.82. The van der Waals surface area contributed by atoms with E-state index in [1.54, 1.807) is 0 Å². The van der Waals surface area contributed by atoms with Gasteiger partial charge in [0.15, 0.2) is 5.71 Å². The second-order valence-corrected chi connectivity index (χ2v) is 5.33. The number of hydrogen-bond donors (Lipinski definition) is 0. The van der Waals surface area contributed by atoms with Gasteiger partial charge in [-0.3, -0.25) is 0 Å². The van der Waals surface area contributed by atoms with E-state index in [2.05, 4.69) is 16.1 Å². The minimum atomic E-state index is 0.116. The van der Waals surface area contributed by atoms with Crippen molar-refractivity contribution in [2.45, 2.75) is 19.0 Å². The quantitative estimate of drug-likeness (QED) is 0.746. The molecule has 1 fully saturated rings. The summed E-state index contributed by atoms with van der Waals surface area (Å²) < 4.78 is 0. The first-order valence-corrected chi connectivity index (χ1v) is 6.84. The Morgan fingerprint density at radius 2 is 2.11 bits per heavy atom. The zero-order chi connectivity index (χ0) is 13.4. The number of rotatable bonds is 1. The second-order valence-electron chi connectivity index (χ2n) is 4.50. The van der Waals surface area contributed by atoms with E-state index in [1.165, 1.54) is 0 Å². The maximum absolute atomic E-state index is 9.15. The van der Waals surface area contributed by atoms with Crippen LogP contribution in [0.3, 0.4) is 0 Å². The minimum absolute atomic E-state index is 0.116. The molecule has 2 heterocycles. The summed E-state index contributed by atoms with van der Waals surface area (Å²) >= 11 is 11.2. The first-order valence-electron chi connectivity index (χ1n) is 6.05. The van der Waals surface area contributed by atoms with Crippen LogP contribution in [-0.2, 0) is 0 Å². The summed E-state index contributed by atoms with van der Waals surface area (Å²) in [6.45, 7) is 0.883. The van der Waals surface area contributed by atoms with Crippen molar-refractivity contribution in [2.75, 3.05) is 11.6 Å². The maximum atomic E-state index is 9.15. The summed E-state index contributed by atoms with van der Waals surface area (Å²) in [5, 5.41) is 16.1. The van der Waals surface area contributed by atoms with Crippen LogP contribution in [0.2, 0.25) is 5.02 Å². The molecule has 2 aliphatic heterocycles. The smallest absolute Gasteiger partial charge is 0.195 e. The van der Waals surface area contributed by atoms with Crippen LogP contribution in [0.4, 0.5) is 5.69 Å². The molecule has 1 atom stereocenters. The van der Waals surface area contributed by atoms with Gasteiger partial charge in [-0.1, -0.05) is 23.8 Å². The zero-order valence-electron chi connectivity index (χ0n) is 10.1. The number of nitriles is 1. The Kier molecular flexibility index (Phi) is 3.13. The predicted octanol–water partition coefficient (Wildman–Crippen LogP) is 2.79. The number of benzene rings is 1. The zero-order valence-corrected chi connectivity index (χ0v) is 11.7. The molecule has 6 heteroatoms. The van der Waals surface area contributed by atoms with E-state index in [9.17, 15) is 0 Å². The number of thiocarbonyl (C=S) groups is 1. The molecule has 1 aromatic rings. The van der Waals surface area contributed by atoms with E-state index in [4.69, 9.17) is 29.1 Å². The molecule has 3 rings (SSSR count). The molecular formula is C13H11ClN4S. The molecule has 1 aromatic carbocycles. The average molecular weight is 291 g/mol. The van der Waals surface area contributed by atoms with E-state index in [0.717, 1.165) is 25.1 Å². The van der Waals surface area contributed by atoms with E-state index < -0.39 is 0 Å². The highest BCUT2D eigenvalue weighted by atomic mass is 35.5. The molecule has 0 N–H and O–H groups in total. The number of anilines is 1. The van der Waals surface area contributed by atoms with Crippen LogP contribution in [0.15, 0.2) is 29.4 Å². The van der Waals surface area contributed by atoms with Crippen LogP contribution < -0.4 is 5.01 Å². The molecule has 0 bridgehead atoms. The fourth-order valence-corrected chi connectivity index (χ4v) is 2.91. The Bertz CT molecular complexity index is 590. The van der Waals surface area contributed by atoms with Crippen LogP contribution >= 0.6 is 23.8 Å². The van der Waals surface area contributed by atoms with Gasteiger partial charge in [-0.2, -0.15) is 10.4 Å². The molecule has 0 amide bonds. The SMILES string of the molecule is N#CC1=NN(c2ccc(Cl)cc2)C2CCCN2C1=S. The van der Waals surface area contributed by atoms with Gasteiger partial charge >= 0.3 is 0 Å². The van der Waals surface area contributed by atoms with Gasteiger partial charge in [-0.25, -0.2) is 5.01 Å². The molecular weight excluding hydrogens is 280 g/mol. The summed E-state index contributed by atoms with van der Waals surface area (Å²) in [6, 6.07) is 9.54. The summed E-state index contributed by atoms with van der Waals surface area (Å²) in [6.07, 6.45) is 2.17. The Labute approximate surface area is 121 Å². The summed E-state index contributed by atoms with van der Waals surface area (Å²) in [4.78, 5) is 2.64. The van der Waals surface area contributed by atoms with Crippen LogP contribution in [0.5, 0.6) is 0 Å². The topological polar surface area (TPSA) is 42.6 Å². The Balaban J connectivity index is 2.03. The largest absolute Gasteiger partial charge is 0.338 e. The Morgan fingerprint density at radius 3 is 2.79 bits per heavy atom. The molecule has 96 valence electrons. The highest BCUT2D eigenvalue weighted by Gasteiger charge is 2.37. The monoisotopic (exact) mass is 290 g/mol. The van der Waals surface area contributed by atoms with E-state index in [-0.39, 0.29) is 6.17 Å². The molecule has 0 radical (unpaired) electrons. The first-order chi connectivity index (χ1) is 9.20. The average Bonchev–Trinajstić information content (AvgIpc) is 2.90. The minimum Gasteiger partial charge on any atom is -0.338 e. The molecule has 0 spiro atoms. The van der Waals surface area contributed by atoms with Gasteiger partial charge in [0, 0.05) is 11.6 Å². The molecule has 1 saturated heterocycles. The Morgan fingerprint density at radius 1 is 1.37 bits per heavy atom.